The van der Waals surface area contributed by atoms with E-state index in [1.54, 1.807) is 6.07 Å². The van der Waals surface area contributed by atoms with E-state index in [9.17, 15) is 4.79 Å². The van der Waals surface area contributed by atoms with Crippen LogP contribution in [0, 0.1) is 5.92 Å². The van der Waals surface area contributed by atoms with Gasteiger partial charge in [0.1, 0.15) is 5.75 Å². The number of aromatic nitrogens is 2. The van der Waals surface area contributed by atoms with E-state index >= 15 is 0 Å². The molecule has 132 valence electrons. The summed E-state index contributed by atoms with van der Waals surface area (Å²) >= 11 is 0. The standard InChI is InChI=1S/C18H22N4O3/c19-18(8-1-2-9-18)17-21-15(25-22-17)11-24-14-5-3-4-13(10-14)20-16(23)12-6-7-12/h3-5,10,12H,1-2,6-9,11,19H2,(H,20,23). The lowest BCUT2D eigenvalue weighted by atomic mass is 9.99. The van der Waals surface area contributed by atoms with Crippen LogP contribution in [-0.2, 0) is 16.9 Å². The lowest BCUT2D eigenvalue weighted by molar-refractivity contribution is -0.117. The molecule has 4 rings (SSSR count). The largest absolute Gasteiger partial charge is 0.484 e. The van der Waals surface area contributed by atoms with Gasteiger partial charge in [-0.05, 0) is 37.8 Å². The topological polar surface area (TPSA) is 103 Å². The number of hydrogen-bond donors (Lipinski definition) is 2. The van der Waals surface area contributed by atoms with Gasteiger partial charge in [-0.2, -0.15) is 4.98 Å². The molecule has 2 aliphatic rings. The van der Waals surface area contributed by atoms with Crippen LogP contribution >= 0.6 is 0 Å². The van der Waals surface area contributed by atoms with Crippen LogP contribution in [0.4, 0.5) is 5.69 Å². The number of rotatable bonds is 6. The highest BCUT2D eigenvalue weighted by molar-refractivity contribution is 5.94. The van der Waals surface area contributed by atoms with Crippen LogP contribution < -0.4 is 15.8 Å². The van der Waals surface area contributed by atoms with E-state index in [0.29, 0.717) is 17.5 Å². The lowest BCUT2D eigenvalue weighted by Gasteiger charge is -2.17. The molecule has 0 radical (unpaired) electrons. The third-order valence-electron chi connectivity index (χ3n) is 4.82. The molecule has 0 aliphatic heterocycles. The third kappa shape index (κ3) is 3.66. The summed E-state index contributed by atoms with van der Waals surface area (Å²) < 4.78 is 11.0. The number of benzene rings is 1. The first-order valence-electron chi connectivity index (χ1n) is 8.78. The highest BCUT2D eigenvalue weighted by Crippen LogP contribution is 2.34. The SMILES string of the molecule is NC1(c2noc(COc3cccc(NC(=O)C4CC4)c3)n2)CCCC1. The van der Waals surface area contributed by atoms with Crippen LogP contribution in [0.3, 0.4) is 0 Å². The number of carbonyl (C=O) groups excluding carboxylic acids is 1. The second-order valence-electron chi connectivity index (χ2n) is 6.96. The average molecular weight is 342 g/mol. The average Bonchev–Trinajstić information content (AvgIpc) is 3.19. The summed E-state index contributed by atoms with van der Waals surface area (Å²) in [7, 11) is 0. The Labute approximate surface area is 145 Å². The van der Waals surface area contributed by atoms with Gasteiger partial charge < -0.3 is 20.3 Å². The van der Waals surface area contributed by atoms with Crippen LogP contribution in [0.15, 0.2) is 28.8 Å². The summed E-state index contributed by atoms with van der Waals surface area (Å²) in [6, 6.07) is 7.30. The number of carbonyl (C=O) groups is 1. The normalized spacial score (nSPS) is 18.9. The Bertz CT molecular complexity index is 763. The minimum absolute atomic E-state index is 0.0727. The maximum Gasteiger partial charge on any atom is 0.264 e. The second kappa shape index (κ2) is 6.48. The fourth-order valence-corrected chi connectivity index (χ4v) is 3.14. The number of nitrogens with one attached hydrogen (secondary N) is 1. The van der Waals surface area contributed by atoms with Gasteiger partial charge in [0.25, 0.3) is 5.89 Å². The van der Waals surface area contributed by atoms with E-state index in [1.807, 2.05) is 18.2 Å². The molecule has 2 fully saturated rings. The first-order valence-corrected chi connectivity index (χ1v) is 8.78. The van der Waals surface area contributed by atoms with Crippen LogP contribution in [0.1, 0.15) is 50.2 Å². The fraction of sp³-hybridized carbons (Fsp3) is 0.500. The highest BCUT2D eigenvalue weighted by atomic mass is 16.5. The molecule has 1 aromatic heterocycles. The van der Waals surface area contributed by atoms with Gasteiger partial charge >= 0.3 is 0 Å². The molecule has 1 amide bonds. The van der Waals surface area contributed by atoms with E-state index in [1.165, 1.54) is 0 Å². The summed E-state index contributed by atoms with van der Waals surface area (Å²) in [5.41, 5.74) is 6.60. The molecule has 2 aromatic rings. The van der Waals surface area contributed by atoms with Crippen molar-refractivity contribution in [2.75, 3.05) is 5.32 Å². The van der Waals surface area contributed by atoms with Crippen molar-refractivity contribution in [2.45, 2.75) is 50.7 Å². The minimum Gasteiger partial charge on any atom is -0.484 e. The van der Waals surface area contributed by atoms with Crippen LogP contribution in [0.25, 0.3) is 0 Å². The Kier molecular flexibility index (Phi) is 4.17. The summed E-state index contributed by atoms with van der Waals surface area (Å²) in [6.07, 6.45) is 5.91. The quantitative estimate of drug-likeness (QED) is 0.836. The van der Waals surface area contributed by atoms with E-state index < -0.39 is 5.54 Å². The molecule has 2 aliphatic carbocycles. The predicted molar refractivity (Wildman–Crippen MR) is 90.8 cm³/mol. The van der Waals surface area contributed by atoms with Crippen molar-refractivity contribution in [1.82, 2.24) is 10.1 Å². The molecule has 0 unspecified atom stereocenters. The van der Waals surface area contributed by atoms with Gasteiger partial charge in [0.05, 0.1) is 5.54 Å². The molecule has 0 saturated heterocycles. The zero-order chi connectivity index (χ0) is 17.3. The third-order valence-corrected chi connectivity index (χ3v) is 4.82. The molecule has 3 N–H and O–H groups in total. The minimum atomic E-state index is -0.464. The first kappa shape index (κ1) is 16.1. The van der Waals surface area contributed by atoms with Crippen molar-refractivity contribution < 1.29 is 14.1 Å². The maximum atomic E-state index is 11.8. The number of hydrogen-bond acceptors (Lipinski definition) is 6. The monoisotopic (exact) mass is 342 g/mol. The Balaban J connectivity index is 1.36. The fourth-order valence-electron chi connectivity index (χ4n) is 3.14. The predicted octanol–water partition coefficient (Wildman–Crippen LogP) is 2.73. The van der Waals surface area contributed by atoms with Crippen molar-refractivity contribution in [2.24, 2.45) is 11.7 Å². The van der Waals surface area contributed by atoms with Crippen LogP contribution in [-0.4, -0.2) is 16.0 Å². The van der Waals surface area contributed by atoms with Gasteiger partial charge in [-0.15, -0.1) is 0 Å². The van der Waals surface area contributed by atoms with E-state index in [0.717, 1.165) is 44.2 Å². The molecule has 1 heterocycles. The Morgan fingerprint density at radius 3 is 2.92 bits per heavy atom. The lowest BCUT2D eigenvalue weighted by Crippen LogP contribution is -2.34. The molecule has 7 nitrogen and oxygen atoms in total. The number of nitrogens with two attached hydrogens (primary N) is 1. The van der Waals surface area contributed by atoms with Crippen molar-refractivity contribution >= 4 is 11.6 Å². The molecule has 0 atom stereocenters. The zero-order valence-electron chi connectivity index (χ0n) is 14.0. The Hall–Kier alpha value is -2.41. The van der Waals surface area contributed by atoms with Gasteiger partial charge in [-0.1, -0.05) is 24.1 Å². The van der Waals surface area contributed by atoms with E-state index in [-0.39, 0.29) is 18.4 Å². The molecule has 2 saturated carbocycles. The second-order valence-corrected chi connectivity index (χ2v) is 6.96. The molecule has 0 spiro atoms. The summed E-state index contributed by atoms with van der Waals surface area (Å²) in [6.45, 7) is 0.170. The van der Waals surface area contributed by atoms with Gasteiger partial charge in [-0.25, -0.2) is 0 Å². The molecular formula is C18H22N4O3. The Morgan fingerprint density at radius 2 is 2.16 bits per heavy atom. The van der Waals surface area contributed by atoms with Crippen molar-refractivity contribution in [3.63, 3.8) is 0 Å². The molecular weight excluding hydrogens is 320 g/mol. The molecule has 25 heavy (non-hydrogen) atoms. The molecule has 1 aromatic carbocycles. The summed E-state index contributed by atoms with van der Waals surface area (Å²) in [5.74, 6) is 1.84. The number of ether oxygens (including phenoxy) is 1. The van der Waals surface area contributed by atoms with Crippen LogP contribution in [0.2, 0.25) is 0 Å². The molecule has 0 bridgehead atoms. The smallest absolute Gasteiger partial charge is 0.264 e. The number of anilines is 1. The maximum absolute atomic E-state index is 11.8. The Morgan fingerprint density at radius 1 is 1.36 bits per heavy atom. The highest BCUT2D eigenvalue weighted by Gasteiger charge is 2.36. The van der Waals surface area contributed by atoms with Gasteiger partial charge in [0.15, 0.2) is 12.4 Å². The van der Waals surface area contributed by atoms with Crippen molar-refractivity contribution in [3.8, 4) is 5.75 Å². The van der Waals surface area contributed by atoms with Crippen molar-refractivity contribution in [3.05, 3.63) is 36.0 Å². The molecule has 7 heteroatoms. The number of amides is 1. The van der Waals surface area contributed by atoms with Gasteiger partial charge in [-0.3, -0.25) is 4.79 Å². The zero-order valence-corrected chi connectivity index (χ0v) is 14.0. The summed E-state index contributed by atoms with van der Waals surface area (Å²) in [4.78, 5) is 16.2. The van der Waals surface area contributed by atoms with Crippen molar-refractivity contribution in [1.29, 1.82) is 0 Å². The van der Waals surface area contributed by atoms with Crippen LogP contribution in [0.5, 0.6) is 5.75 Å². The van der Waals surface area contributed by atoms with Gasteiger partial charge in [0.2, 0.25) is 5.91 Å². The van der Waals surface area contributed by atoms with E-state index in [2.05, 4.69) is 15.5 Å². The number of nitrogens with zero attached hydrogens (tertiary/aromatic N) is 2. The summed E-state index contributed by atoms with van der Waals surface area (Å²) in [5, 5.41) is 6.92. The van der Waals surface area contributed by atoms with Gasteiger partial charge in [0, 0.05) is 17.7 Å². The van der Waals surface area contributed by atoms with E-state index in [4.69, 9.17) is 15.0 Å². The first-order chi connectivity index (χ1) is 12.1.